The first-order valence-corrected chi connectivity index (χ1v) is 50.3. The fourth-order valence-corrected chi connectivity index (χ4v) is 18.5. The Balaban J connectivity index is 1.24. The Morgan fingerprint density at radius 2 is 0.766 bits per heavy atom. The zero-order valence-electron chi connectivity index (χ0n) is 77.4. The molecule has 36 heteroatoms. The fourth-order valence-electron chi connectivity index (χ4n) is 16.6. The number of aliphatic hydroxyl groups is 9. The normalized spacial score (nSPS) is 25.2. The molecule has 4 aliphatic rings. The second-order valence-corrected chi connectivity index (χ2v) is 37.7. The van der Waals surface area contributed by atoms with Crippen molar-refractivity contribution in [1.82, 2.24) is 16.0 Å². The smallest absolute Gasteiger partial charge is 0.407 e. The molecule has 3 amide bonds. The Labute approximate surface area is 767 Å². The maximum absolute atomic E-state index is 14.2. The van der Waals surface area contributed by atoms with Crippen molar-refractivity contribution in [2.75, 3.05) is 138 Å². The summed E-state index contributed by atoms with van der Waals surface area (Å²) in [4.78, 5) is 117. The number of rotatable bonds is 79. The summed E-state index contributed by atoms with van der Waals surface area (Å²) in [5.74, 6) is -0.284. The predicted octanol–water partition coefficient (Wildman–Crippen LogP) is 8.50. The first-order valence-electron chi connectivity index (χ1n) is 47.8. The van der Waals surface area contributed by atoms with Gasteiger partial charge in [0.15, 0.2) is 18.9 Å². The zero-order valence-corrected chi connectivity index (χ0v) is 79.1. The molecule has 4 rings (SSSR count). The van der Waals surface area contributed by atoms with Gasteiger partial charge in [0.25, 0.3) is 0 Å². The number of aliphatic hydroxyl groups excluding tert-OH is 9. The van der Waals surface area contributed by atoms with Gasteiger partial charge in [0.1, 0.15) is 59.8 Å². The first-order chi connectivity index (χ1) is 61.8. The molecule has 1 aliphatic carbocycles. The molecule has 0 aromatic rings. The summed E-state index contributed by atoms with van der Waals surface area (Å²) in [6.07, 6.45) is 9.83. The molecule has 0 bridgehead atoms. The van der Waals surface area contributed by atoms with Gasteiger partial charge in [-0.05, 0) is 140 Å². The number of carbonyl (C=O) groups excluding carboxylic acids is 9. The number of ketones is 4. The van der Waals surface area contributed by atoms with Crippen molar-refractivity contribution in [1.29, 1.82) is 0 Å². The van der Waals surface area contributed by atoms with Crippen molar-refractivity contribution in [3.05, 3.63) is 0 Å². The van der Waals surface area contributed by atoms with E-state index in [1.165, 1.54) is 0 Å². The highest BCUT2D eigenvalue weighted by molar-refractivity contribution is 8.76. The molecule has 0 aromatic carbocycles. The van der Waals surface area contributed by atoms with Crippen LogP contribution in [0.3, 0.4) is 0 Å². The SMILES string of the molecule is COC[C@H]1C[C@H](OC)CC1C(=O)CCCCC(=O)CCCSSCCOCCOCCC(=O)CC(CCCOC(=O)CCCCCCCNC(=O)CCCOC1OC(CO)C(O)C(O)C1C)(CCCOC(=O)CCCCCCCNC(=O)CCCOC1OC(CO)C(O)C(O)C1C)CCCOC(=O)NCCCCCCCC(=O)CCCOC1OC(CO)C(O)C(O)C1C. The average molecular weight is 1870 g/mol. The van der Waals surface area contributed by atoms with Crippen molar-refractivity contribution >= 4 is 74.6 Å². The van der Waals surface area contributed by atoms with E-state index in [-0.39, 0.29) is 156 Å². The molecule has 4 fully saturated rings. The lowest BCUT2D eigenvalue weighted by molar-refractivity contribution is -0.282. The Hall–Kier alpha value is -4.23. The van der Waals surface area contributed by atoms with E-state index < -0.39 is 123 Å². The molecule has 128 heavy (non-hydrogen) atoms. The van der Waals surface area contributed by atoms with Gasteiger partial charge in [0, 0.05) is 146 Å². The van der Waals surface area contributed by atoms with Gasteiger partial charge in [-0.1, -0.05) is 100 Å². The molecule has 12 N–H and O–H groups in total. The number of hydrogen-bond donors (Lipinski definition) is 12. The van der Waals surface area contributed by atoms with Gasteiger partial charge < -0.3 is 123 Å². The van der Waals surface area contributed by atoms with Crippen molar-refractivity contribution < 1.29 is 151 Å². The van der Waals surface area contributed by atoms with Crippen molar-refractivity contribution in [2.45, 2.75) is 358 Å². The van der Waals surface area contributed by atoms with Crippen molar-refractivity contribution in [3.63, 3.8) is 0 Å². The van der Waals surface area contributed by atoms with Gasteiger partial charge in [-0.15, -0.1) is 0 Å². The second kappa shape index (κ2) is 71.3. The van der Waals surface area contributed by atoms with Crippen LogP contribution in [0.5, 0.6) is 0 Å². The minimum absolute atomic E-state index is 0.0453. The third kappa shape index (κ3) is 49.8. The van der Waals surface area contributed by atoms with Crippen LogP contribution in [0, 0.1) is 35.0 Å². The number of esters is 2. The van der Waals surface area contributed by atoms with E-state index in [9.17, 15) is 89.1 Å². The standard InChI is InChI=1S/C92H163N3O31S2/c1-65-82(107)85(110)75(61-96)124-88(65)120-46-23-32-69(99)30-15-9-6-14-22-45-95-91(113)123-51-29-42-92(40-27-49-118-80(105)37-16-10-7-12-20-43-93-78(103)35-24-47-121-89-66(2)83(108)86(111)76(62-97)125-89,41-28-50-119-81(106)38-17-11-8-13-21-44-94-79(104)36-25-48-122-90-67(3)84(109)87(112)77(63-98)126-90)60-71(101)39-52-116-53-54-117-55-57-128-127-56-26-33-70(100)31-18-19-34-74(102)73-59-72(115-5)58-68(73)64-114-4/h65-68,72-73,75-77,82-90,96-98,107-112H,6-64H2,1-5H3,(H,93,103)(H,94,104)(H,95,113)/t65?,66?,67?,68-,72+,73?,75?,76?,77?,82?,83?,84?,85?,86?,87?,88?,89?,90?,92?/m1/s1. The number of ether oxygens (including phenoxy) is 13. The summed E-state index contributed by atoms with van der Waals surface area (Å²) in [7, 11) is 6.72. The number of hydrogen-bond acceptors (Lipinski definition) is 33. The number of unbranched alkanes of at least 4 members (excludes halogenated alkanes) is 13. The summed E-state index contributed by atoms with van der Waals surface area (Å²) >= 11 is 0. The van der Waals surface area contributed by atoms with Crippen LogP contribution >= 0.6 is 21.6 Å². The van der Waals surface area contributed by atoms with Gasteiger partial charge in [0.05, 0.1) is 110 Å². The van der Waals surface area contributed by atoms with Crippen molar-refractivity contribution in [3.8, 4) is 0 Å². The molecule has 18 atom stereocenters. The number of alkyl carbamates (subject to hydrolysis) is 1. The number of Topliss-reactive ketones (excluding diaryl/α,β-unsaturated/α-hetero) is 4. The number of methoxy groups -OCH3 is 2. The van der Waals surface area contributed by atoms with E-state index in [2.05, 4.69) is 16.0 Å². The maximum Gasteiger partial charge on any atom is 0.407 e. The van der Waals surface area contributed by atoms with Gasteiger partial charge >= 0.3 is 18.0 Å². The number of nitrogens with one attached hydrogen (secondary N) is 3. The molecular formula is C92H163N3O31S2. The van der Waals surface area contributed by atoms with Gasteiger partial charge in [-0.2, -0.15) is 0 Å². The molecule has 0 aromatic heterocycles. The Morgan fingerprint density at radius 1 is 0.375 bits per heavy atom. The molecule has 3 saturated heterocycles. The molecule has 1 saturated carbocycles. The minimum Gasteiger partial charge on any atom is -0.466 e. The van der Waals surface area contributed by atoms with Crippen LogP contribution < -0.4 is 16.0 Å². The number of amides is 3. The minimum atomic E-state index is -1.23. The van der Waals surface area contributed by atoms with Crippen LogP contribution in [0.4, 0.5) is 4.79 Å². The molecule has 744 valence electrons. The summed E-state index contributed by atoms with van der Waals surface area (Å²) in [5.41, 5.74) is -0.671. The lowest BCUT2D eigenvalue weighted by atomic mass is 9.71. The van der Waals surface area contributed by atoms with Crippen LogP contribution in [0.2, 0.25) is 0 Å². The Morgan fingerprint density at radius 3 is 1.23 bits per heavy atom. The van der Waals surface area contributed by atoms with Gasteiger partial charge in [-0.25, -0.2) is 4.79 Å². The third-order valence-corrected chi connectivity index (χ3v) is 27.0. The van der Waals surface area contributed by atoms with E-state index >= 15 is 0 Å². The first kappa shape index (κ1) is 116. The van der Waals surface area contributed by atoms with Gasteiger partial charge in [0.2, 0.25) is 11.8 Å². The highest BCUT2D eigenvalue weighted by Crippen LogP contribution is 2.41. The Kier molecular flexibility index (Phi) is 64.7. The highest BCUT2D eigenvalue weighted by atomic mass is 33.1. The topological polar surface area (TPSA) is 492 Å². The molecule has 16 unspecified atom stereocenters. The third-order valence-electron chi connectivity index (χ3n) is 24.5. The van der Waals surface area contributed by atoms with Crippen LogP contribution in [0.25, 0.3) is 0 Å². The summed E-state index contributed by atoms with van der Waals surface area (Å²) in [5, 5.41) is 98.4. The van der Waals surface area contributed by atoms with E-state index in [1.807, 2.05) is 0 Å². The summed E-state index contributed by atoms with van der Waals surface area (Å²) in [6.45, 7) is 7.71. The van der Waals surface area contributed by atoms with Crippen molar-refractivity contribution in [2.24, 2.45) is 35.0 Å². The zero-order chi connectivity index (χ0) is 93.5. The molecule has 3 aliphatic heterocycles. The van der Waals surface area contributed by atoms with Crippen LogP contribution in [-0.2, 0) is 99.9 Å². The number of carbonyl (C=O) groups is 9. The lowest BCUT2D eigenvalue weighted by Gasteiger charge is -2.40. The van der Waals surface area contributed by atoms with E-state index in [0.29, 0.717) is 161 Å². The van der Waals surface area contributed by atoms with Crippen LogP contribution in [-0.4, -0.2) is 317 Å². The van der Waals surface area contributed by atoms with Crippen LogP contribution in [0.15, 0.2) is 0 Å². The largest absolute Gasteiger partial charge is 0.466 e. The quantitative estimate of drug-likeness (QED) is 0.0117. The molecule has 34 nitrogen and oxygen atoms in total. The Bertz CT molecular complexity index is 2760. The molecule has 3 heterocycles. The average Bonchev–Trinajstić information content (AvgIpc) is 1.26. The molecule has 0 radical (unpaired) electrons. The second-order valence-electron chi connectivity index (χ2n) is 35.0. The summed E-state index contributed by atoms with van der Waals surface area (Å²) < 4.78 is 73.9. The highest BCUT2D eigenvalue weighted by Gasteiger charge is 2.46. The van der Waals surface area contributed by atoms with Crippen LogP contribution in [0.1, 0.15) is 278 Å². The fraction of sp³-hybridized carbons (Fsp3) is 0.902. The maximum atomic E-state index is 14.2. The van der Waals surface area contributed by atoms with E-state index in [1.54, 1.807) is 56.6 Å². The summed E-state index contributed by atoms with van der Waals surface area (Å²) in [6, 6.07) is 0. The molecular weight excluding hydrogens is 1710 g/mol. The van der Waals surface area contributed by atoms with E-state index in [0.717, 1.165) is 108 Å². The molecule has 0 spiro atoms. The lowest BCUT2D eigenvalue weighted by Crippen LogP contribution is -2.55. The predicted molar refractivity (Wildman–Crippen MR) is 479 cm³/mol. The van der Waals surface area contributed by atoms with Gasteiger partial charge in [-0.3, -0.25) is 38.4 Å². The van der Waals surface area contributed by atoms with E-state index in [4.69, 9.17) is 61.6 Å². The monoisotopic (exact) mass is 1870 g/mol.